The van der Waals surface area contributed by atoms with E-state index >= 15 is 0 Å². The molecule has 8 heteroatoms. The number of thiazole rings is 1. The van der Waals surface area contributed by atoms with Gasteiger partial charge < -0.3 is 11.1 Å². The van der Waals surface area contributed by atoms with Gasteiger partial charge in [0.2, 0.25) is 5.91 Å². The Labute approximate surface area is 186 Å². The number of nitrogens with one attached hydrogen (secondary N) is 1. The van der Waals surface area contributed by atoms with Gasteiger partial charge in [-0.15, -0.1) is 47.5 Å². The van der Waals surface area contributed by atoms with Crippen molar-refractivity contribution in [1.82, 2.24) is 10.3 Å². The third-order valence-corrected chi connectivity index (χ3v) is 6.11. The van der Waals surface area contributed by atoms with Crippen molar-refractivity contribution in [3.8, 4) is 9.88 Å². The molecule has 0 spiro atoms. The molecule has 3 N–H and O–H groups in total. The van der Waals surface area contributed by atoms with Gasteiger partial charge >= 0.3 is 0 Å². The topological polar surface area (TPSA) is 68.0 Å². The number of nitrogens with two attached hydrogens (primary N) is 1. The minimum Gasteiger partial charge on any atom is -0.354 e. The van der Waals surface area contributed by atoms with Crippen molar-refractivity contribution in [2.24, 2.45) is 5.73 Å². The molecule has 0 aliphatic heterocycles. The second kappa shape index (κ2) is 11.5. The van der Waals surface area contributed by atoms with E-state index in [4.69, 9.17) is 5.73 Å². The van der Waals surface area contributed by atoms with E-state index in [2.05, 4.69) is 36.3 Å². The van der Waals surface area contributed by atoms with Crippen LogP contribution in [-0.4, -0.2) is 17.4 Å². The smallest absolute Gasteiger partial charge is 0.226 e. The molecule has 0 fully saturated rings. The fourth-order valence-electron chi connectivity index (χ4n) is 2.60. The molecule has 0 aliphatic carbocycles. The van der Waals surface area contributed by atoms with E-state index < -0.39 is 0 Å². The van der Waals surface area contributed by atoms with Crippen LogP contribution in [0.1, 0.15) is 42.6 Å². The molecule has 3 aromatic rings. The molecule has 1 atom stereocenters. The van der Waals surface area contributed by atoms with Crippen molar-refractivity contribution in [3.05, 3.63) is 64.0 Å². The highest BCUT2D eigenvalue weighted by Crippen LogP contribution is 2.27. The third-order valence-electron chi connectivity index (χ3n) is 4.18. The van der Waals surface area contributed by atoms with Gasteiger partial charge in [-0.3, -0.25) is 4.79 Å². The highest BCUT2D eigenvalue weighted by molar-refractivity contribution is 7.20. The van der Waals surface area contributed by atoms with Gasteiger partial charge in [-0.25, -0.2) is 4.98 Å². The summed E-state index contributed by atoms with van der Waals surface area (Å²) < 4.78 is 0. The van der Waals surface area contributed by atoms with E-state index in [1.807, 2.05) is 35.0 Å². The second-order valence-corrected chi connectivity index (χ2v) is 8.34. The van der Waals surface area contributed by atoms with Gasteiger partial charge in [0.05, 0.1) is 17.0 Å². The molecule has 3 rings (SSSR count). The molecule has 2 heterocycles. The maximum atomic E-state index is 12.2. The molecule has 0 aliphatic rings. The predicted octanol–water partition coefficient (Wildman–Crippen LogP) is 5.20. The van der Waals surface area contributed by atoms with Crippen molar-refractivity contribution < 1.29 is 4.79 Å². The highest BCUT2D eigenvalue weighted by atomic mass is 35.5. The van der Waals surface area contributed by atoms with Crippen molar-refractivity contribution in [1.29, 1.82) is 0 Å². The molecule has 1 unspecified atom stereocenters. The van der Waals surface area contributed by atoms with Gasteiger partial charge in [0, 0.05) is 18.0 Å². The normalized spacial score (nSPS) is 11.4. The molecular formula is C20H25Cl2N3OS2. The molecule has 28 heavy (non-hydrogen) atoms. The summed E-state index contributed by atoms with van der Waals surface area (Å²) in [6, 6.07) is 12.1. The Morgan fingerprint density at radius 2 is 1.79 bits per heavy atom. The number of halogens is 2. The van der Waals surface area contributed by atoms with Crippen LogP contribution in [0.5, 0.6) is 0 Å². The summed E-state index contributed by atoms with van der Waals surface area (Å²) in [5.41, 5.74) is 9.32. The first-order valence-corrected chi connectivity index (χ1v) is 10.4. The zero-order chi connectivity index (χ0) is 18.5. The average Bonchev–Trinajstić information content (AvgIpc) is 3.31. The lowest BCUT2D eigenvalue weighted by Gasteiger charge is -2.14. The number of carbonyl (C=O) groups excluding carboxylic acids is 1. The number of amides is 1. The Kier molecular flexibility index (Phi) is 10.1. The SMILES string of the molecule is CC(C)c1ccc(C(N)CNC(=O)Cc2csc(-c3cccs3)n2)cc1.Cl.Cl. The number of hydrogen-bond donors (Lipinski definition) is 2. The highest BCUT2D eigenvalue weighted by Gasteiger charge is 2.12. The standard InChI is InChI=1S/C20H23N3OS2.2ClH/c1-13(2)14-5-7-15(8-6-14)17(21)11-22-19(24)10-16-12-26-20(23-16)18-4-3-9-25-18;;/h3-9,12-13,17H,10-11,21H2,1-2H3,(H,22,24);2*1H. The van der Waals surface area contributed by atoms with Crippen molar-refractivity contribution >= 4 is 53.4 Å². The number of rotatable bonds is 7. The van der Waals surface area contributed by atoms with Gasteiger partial charge in [0.15, 0.2) is 0 Å². The molecular weight excluding hydrogens is 433 g/mol. The zero-order valence-corrected chi connectivity index (χ0v) is 19.0. The summed E-state index contributed by atoms with van der Waals surface area (Å²) in [5.74, 6) is 0.444. The van der Waals surface area contributed by atoms with Crippen LogP contribution in [0.3, 0.4) is 0 Å². The monoisotopic (exact) mass is 457 g/mol. The largest absolute Gasteiger partial charge is 0.354 e. The Morgan fingerprint density at radius 3 is 2.39 bits per heavy atom. The van der Waals surface area contributed by atoms with Gasteiger partial charge in [-0.2, -0.15) is 0 Å². The lowest BCUT2D eigenvalue weighted by molar-refractivity contribution is -0.120. The molecule has 4 nitrogen and oxygen atoms in total. The first-order chi connectivity index (χ1) is 12.5. The van der Waals surface area contributed by atoms with Crippen LogP contribution < -0.4 is 11.1 Å². The average molecular weight is 458 g/mol. The van der Waals surface area contributed by atoms with Gasteiger partial charge in [-0.05, 0) is 28.5 Å². The quantitative estimate of drug-likeness (QED) is 0.512. The van der Waals surface area contributed by atoms with Crippen LogP contribution >= 0.6 is 47.5 Å². The number of carbonyl (C=O) groups is 1. The molecule has 0 saturated heterocycles. The van der Waals surface area contributed by atoms with Gasteiger partial charge in [0.25, 0.3) is 0 Å². The summed E-state index contributed by atoms with van der Waals surface area (Å²) in [5, 5.41) is 7.85. The predicted molar refractivity (Wildman–Crippen MR) is 124 cm³/mol. The minimum absolute atomic E-state index is 0. The Morgan fingerprint density at radius 1 is 1.11 bits per heavy atom. The lowest BCUT2D eigenvalue weighted by Crippen LogP contribution is -2.32. The van der Waals surface area contributed by atoms with E-state index in [0.717, 1.165) is 21.1 Å². The van der Waals surface area contributed by atoms with E-state index in [0.29, 0.717) is 12.5 Å². The number of nitrogens with zero attached hydrogens (tertiary/aromatic N) is 1. The van der Waals surface area contributed by atoms with Crippen molar-refractivity contribution in [3.63, 3.8) is 0 Å². The Hall–Kier alpha value is -1.44. The van der Waals surface area contributed by atoms with Crippen LogP contribution in [-0.2, 0) is 11.2 Å². The summed E-state index contributed by atoms with van der Waals surface area (Å²) in [4.78, 5) is 17.9. The number of thiophene rings is 1. The summed E-state index contributed by atoms with van der Waals surface area (Å²) >= 11 is 3.22. The fraction of sp³-hybridized carbons (Fsp3) is 0.300. The molecule has 152 valence electrons. The number of aromatic nitrogens is 1. The third kappa shape index (κ3) is 6.57. The van der Waals surface area contributed by atoms with E-state index in [1.165, 1.54) is 5.56 Å². The van der Waals surface area contributed by atoms with Crippen LogP contribution in [0.2, 0.25) is 0 Å². The minimum atomic E-state index is -0.211. The Balaban J connectivity index is 0.00000196. The number of hydrogen-bond acceptors (Lipinski definition) is 5. The van der Waals surface area contributed by atoms with Crippen LogP contribution in [0.4, 0.5) is 0 Å². The molecule has 0 radical (unpaired) electrons. The first kappa shape index (κ1) is 24.6. The van der Waals surface area contributed by atoms with Crippen LogP contribution in [0.25, 0.3) is 9.88 Å². The van der Waals surface area contributed by atoms with Gasteiger partial charge in [0.1, 0.15) is 5.01 Å². The summed E-state index contributed by atoms with van der Waals surface area (Å²) in [6.45, 7) is 4.75. The molecule has 1 aromatic carbocycles. The van der Waals surface area contributed by atoms with E-state index in [1.54, 1.807) is 22.7 Å². The summed E-state index contributed by atoms with van der Waals surface area (Å²) in [7, 11) is 0. The molecule has 0 saturated carbocycles. The van der Waals surface area contributed by atoms with Crippen molar-refractivity contribution in [2.45, 2.75) is 32.2 Å². The van der Waals surface area contributed by atoms with Crippen LogP contribution in [0, 0.1) is 0 Å². The summed E-state index contributed by atoms with van der Waals surface area (Å²) in [6.07, 6.45) is 0.279. The molecule has 1 amide bonds. The van der Waals surface area contributed by atoms with Gasteiger partial charge in [-0.1, -0.05) is 44.2 Å². The Bertz CT molecular complexity index is 849. The molecule has 0 bridgehead atoms. The molecule has 2 aromatic heterocycles. The maximum Gasteiger partial charge on any atom is 0.226 e. The zero-order valence-electron chi connectivity index (χ0n) is 15.8. The first-order valence-electron chi connectivity index (χ1n) is 8.63. The lowest BCUT2D eigenvalue weighted by atomic mass is 9.99. The maximum absolute atomic E-state index is 12.2. The van der Waals surface area contributed by atoms with E-state index in [-0.39, 0.29) is 43.2 Å². The van der Waals surface area contributed by atoms with E-state index in [9.17, 15) is 4.79 Å². The van der Waals surface area contributed by atoms with Crippen molar-refractivity contribution in [2.75, 3.05) is 6.54 Å². The second-order valence-electron chi connectivity index (χ2n) is 6.53. The number of benzene rings is 1. The fourth-order valence-corrected chi connectivity index (χ4v) is 4.23. The van der Waals surface area contributed by atoms with Crippen LogP contribution in [0.15, 0.2) is 47.2 Å².